The standard InChI is InChI=1S/C16H23NO5/c1-2-21-16(20)9-11-17(10-6-12-18)15(19)13-22-14-7-4-3-5-8-14/h3-5,7-8,18H,2,6,9-13H2,1H3. The molecule has 0 saturated heterocycles. The second kappa shape index (κ2) is 10.6. The lowest BCUT2D eigenvalue weighted by atomic mass is 10.3. The molecule has 122 valence electrons. The summed E-state index contributed by atoms with van der Waals surface area (Å²) in [5.74, 6) is 0.0539. The summed E-state index contributed by atoms with van der Waals surface area (Å²) < 4.78 is 10.3. The van der Waals surface area contributed by atoms with E-state index in [2.05, 4.69) is 0 Å². The highest BCUT2D eigenvalue weighted by atomic mass is 16.5. The number of amides is 1. The average molecular weight is 309 g/mol. The van der Waals surface area contributed by atoms with E-state index in [4.69, 9.17) is 14.6 Å². The van der Waals surface area contributed by atoms with Gasteiger partial charge in [0, 0.05) is 19.7 Å². The summed E-state index contributed by atoms with van der Waals surface area (Å²) in [5, 5.41) is 8.91. The van der Waals surface area contributed by atoms with Gasteiger partial charge in [0.05, 0.1) is 13.0 Å². The third-order valence-electron chi connectivity index (χ3n) is 2.94. The maximum Gasteiger partial charge on any atom is 0.307 e. The zero-order chi connectivity index (χ0) is 16.2. The van der Waals surface area contributed by atoms with Crippen LogP contribution in [0.5, 0.6) is 5.75 Å². The van der Waals surface area contributed by atoms with Gasteiger partial charge in [-0.2, -0.15) is 0 Å². The molecule has 0 atom stereocenters. The van der Waals surface area contributed by atoms with Gasteiger partial charge >= 0.3 is 5.97 Å². The van der Waals surface area contributed by atoms with Crippen LogP contribution in [0.15, 0.2) is 30.3 Å². The van der Waals surface area contributed by atoms with Crippen molar-refractivity contribution in [3.8, 4) is 5.75 Å². The van der Waals surface area contributed by atoms with E-state index < -0.39 is 0 Å². The van der Waals surface area contributed by atoms with Gasteiger partial charge in [0.15, 0.2) is 6.61 Å². The Bertz CT molecular complexity index is 449. The van der Waals surface area contributed by atoms with Crippen molar-refractivity contribution < 1.29 is 24.2 Å². The monoisotopic (exact) mass is 309 g/mol. The molecular weight excluding hydrogens is 286 g/mol. The number of aliphatic hydroxyl groups is 1. The Morgan fingerprint density at radius 2 is 1.91 bits per heavy atom. The predicted octanol–water partition coefficient (Wildman–Crippen LogP) is 1.23. The Labute approximate surface area is 130 Å². The van der Waals surface area contributed by atoms with E-state index >= 15 is 0 Å². The molecule has 0 saturated carbocycles. The predicted molar refractivity (Wildman–Crippen MR) is 81.5 cm³/mol. The molecular formula is C16H23NO5. The number of carbonyl (C=O) groups excluding carboxylic acids is 2. The topological polar surface area (TPSA) is 76.1 Å². The summed E-state index contributed by atoms with van der Waals surface area (Å²) in [6, 6.07) is 9.05. The minimum Gasteiger partial charge on any atom is -0.484 e. The number of ether oxygens (including phenoxy) is 2. The normalized spacial score (nSPS) is 10.1. The van der Waals surface area contributed by atoms with E-state index in [0.717, 1.165) is 0 Å². The first-order valence-electron chi connectivity index (χ1n) is 7.39. The van der Waals surface area contributed by atoms with Crippen LogP contribution in [0.4, 0.5) is 0 Å². The minimum atomic E-state index is -0.340. The average Bonchev–Trinajstić information content (AvgIpc) is 2.54. The van der Waals surface area contributed by atoms with Gasteiger partial charge in [-0.15, -0.1) is 0 Å². The van der Waals surface area contributed by atoms with Gasteiger partial charge in [0.1, 0.15) is 5.75 Å². The van der Waals surface area contributed by atoms with Crippen LogP contribution < -0.4 is 4.74 Å². The lowest BCUT2D eigenvalue weighted by Crippen LogP contribution is -2.37. The molecule has 0 aliphatic rings. The Morgan fingerprint density at radius 3 is 2.55 bits per heavy atom. The number of para-hydroxylation sites is 1. The molecule has 6 nitrogen and oxygen atoms in total. The number of esters is 1. The minimum absolute atomic E-state index is 0.0112. The lowest BCUT2D eigenvalue weighted by Gasteiger charge is -2.22. The van der Waals surface area contributed by atoms with Crippen molar-refractivity contribution in [2.75, 3.05) is 32.9 Å². The van der Waals surface area contributed by atoms with Crippen molar-refractivity contribution in [3.63, 3.8) is 0 Å². The van der Waals surface area contributed by atoms with Crippen LogP contribution in [0, 0.1) is 0 Å². The molecule has 0 aromatic heterocycles. The molecule has 0 heterocycles. The van der Waals surface area contributed by atoms with E-state index in [-0.39, 0.29) is 38.1 Å². The highest BCUT2D eigenvalue weighted by molar-refractivity contribution is 5.78. The number of rotatable bonds is 10. The van der Waals surface area contributed by atoms with Crippen molar-refractivity contribution in [3.05, 3.63) is 30.3 Å². The van der Waals surface area contributed by atoms with Gasteiger partial charge in [0.2, 0.25) is 0 Å². The fraction of sp³-hybridized carbons (Fsp3) is 0.500. The van der Waals surface area contributed by atoms with E-state index in [1.165, 1.54) is 4.90 Å². The molecule has 0 spiro atoms. The summed E-state index contributed by atoms with van der Waals surface area (Å²) in [6.45, 7) is 2.59. The number of hydrogen-bond acceptors (Lipinski definition) is 5. The maximum atomic E-state index is 12.2. The van der Waals surface area contributed by atoms with Gasteiger partial charge in [-0.25, -0.2) is 0 Å². The SMILES string of the molecule is CCOC(=O)CCN(CCCO)C(=O)COc1ccccc1. The summed E-state index contributed by atoms with van der Waals surface area (Å²) in [5.41, 5.74) is 0. The van der Waals surface area contributed by atoms with Crippen LogP contribution >= 0.6 is 0 Å². The van der Waals surface area contributed by atoms with Gasteiger partial charge in [-0.1, -0.05) is 18.2 Å². The van der Waals surface area contributed by atoms with Crippen LogP contribution in [-0.2, 0) is 14.3 Å². The molecule has 0 unspecified atom stereocenters. The van der Waals surface area contributed by atoms with Crippen molar-refractivity contribution in [2.45, 2.75) is 19.8 Å². The van der Waals surface area contributed by atoms with Crippen LogP contribution in [0.25, 0.3) is 0 Å². The van der Waals surface area contributed by atoms with Crippen LogP contribution in [0.2, 0.25) is 0 Å². The van der Waals surface area contributed by atoms with E-state index in [1.807, 2.05) is 18.2 Å². The molecule has 0 radical (unpaired) electrons. The first kappa shape index (κ1) is 18.0. The second-order valence-corrected chi connectivity index (χ2v) is 4.61. The molecule has 1 aromatic carbocycles. The summed E-state index contributed by atoms with van der Waals surface area (Å²) in [7, 11) is 0. The number of hydrogen-bond donors (Lipinski definition) is 1. The Hall–Kier alpha value is -2.08. The molecule has 0 aliphatic carbocycles. The quantitative estimate of drug-likeness (QED) is 0.658. The fourth-order valence-corrected chi connectivity index (χ4v) is 1.84. The van der Waals surface area contributed by atoms with Crippen molar-refractivity contribution in [1.82, 2.24) is 4.90 Å². The van der Waals surface area contributed by atoms with Gasteiger partial charge in [-0.3, -0.25) is 9.59 Å². The van der Waals surface area contributed by atoms with Gasteiger partial charge < -0.3 is 19.5 Å². The number of nitrogens with zero attached hydrogens (tertiary/aromatic N) is 1. The molecule has 1 aromatic rings. The summed E-state index contributed by atoms with van der Waals surface area (Å²) in [4.78, 5) is 25.1. The fourth-order valence-electron chi connectivity index (χ4n) is 1.84. The first-order chi connectivity index (χ1) is 10.7. The van der Waals surface area contributed by atoms with E-state index in [0.29, 0.717) is 25.3 Å². The molecule has 1 rings (SSSR count). The van der Waals surface area contributed by atoms with Crippen molar-refractivity contribution >= 4 is 11.9 Å². The molecule has 0 fully saturated rings. The smallest absolute Gasteiger partial charge is 0.307 e. The molecule has 1 amide bonds. The van der Waals surface area contributed by atoms with Gasteiger partial charge in [-0.05, 0) is 25.5 Å². The first-order valence-corrected chi connectivity index (χ1v) is 7.39. The van der Waals surface area contributed by atoms with Crippen molar-refractivity contribution in [2.24, 2.45) is 0 Å². The number of aliphatic hydroxyl groups excluding tert-OH is 1. The number of carbonyl (C=O) groups is 2. The molecule has 0 aliphatic heterocycles. The van der Waals surface area contributed by atoms with Gasteiger partial charge in [0.25, 0.3) is 5.91 Å². The molecule has 0 bridgehead atoms. The Balaban J connectivity index is 2.46. The highest BCUT2D eigenvalue weighted by Crippen LogP contribution is 2.08. The third-order valence-corrected chi connectivity index (χ3v) is 2.94. The Morgan fingerprint density at radius 1 is 1.18 bits per heavy atom. The zero-order valence-corrected chi connectivity index (χ0v) is 12.9. The molecule has 22 heavy (non-hydrogen) atoms. The third kappa shape index (κ3) is 7.08. The zero-order valence-electron chi connectivity index (χ0n) is 12.9. The highest BCUT2D eigenvalue weighted by Gasteiger charge is 2.15. The summed E-state index contributed by atoms with van der Waals surface area (Å²) in [6.07, 6.45) is 0.593. The van der Waals surface area contributed by atoms with Crippen LogP contribution in [-0.4, -0.2) is 54.8 Å². The lowest BCUT2D eigenvalue weighted by molar-refractivity contribution is -0.144. The largest absolute Gasteiger partial charge is 0.484 e. The van der Waals surface area contributed by atoms with Crippen LogP contribution in [0.3, 0.4) is 0 Å². The van der Waals surface area contributed by atoms with Crippen LogP contribution in [0.1, 0.15) is 19.8 Å². The Kier molecular flexibility index (Phi) is 8.67. The second-order valence-electron chi connectivity index (χ2n) is 4.61. The van der Waals surface area contributed by atoms with E-state index in [1.54, 1.807) is 19.1 Å². The molecule has 1 N–H and O–H groups in total. The van der Waals surface area contributed by atoms with Crippen molar-refractivity contribution in [1.29, 1.82) is 0 Å². The molecule has 6 heteroatoms. The summed E-state index contributed by atoms with van der Waals surface area (Å²) >= 11 is 0. The maximum absolute atomic E-state index is 12.2. The van der Waals surface area contributed by atoms with E-state index in [9.17, 15) is 9.59 Å². The number of benzene rings is 1.